The topological polar surface area (TPSA) is 53.5 Å². The van der Waals surface area contributed by atoms with Crippen LogP contribution in [-0.2, 0) is 11.2 Å². The first-order chi connectivity index (χ1) is 14.2. The highest BCUT2D eigenvalue weighted by Gasteiger charge is 2.29. The molecular formula is C24H31N3O2. The maximum absolute atomic E-state index is 12.9. The molecule has 1 saturated heterocycles. The van der Waals surface area contributed by atoms with Gasteiger partial charge in [-0.15, -0.1) is 0 Å². The molecule has 1 aromatic carbocycles. The maximum atomic E-state index is 12.9. The highest BCUT2D eigenvalue weighted by atomic mass is 16.2. The molecule has 0 atom stereocenters. The van der Waals surface area contributed by atoms with Gasteiger partial charge < -0.3 is 9.80 Å². The van der Waals surface area contributed by atoms with Gasteiger partial charge in [-0.3, -0.25) is 14.6 Å². The van der Waals surface area contributed by atoms with Crippen molar-refractivity contribution in [3.8, 4) is 0 Å². The van der Waals surface area contributed by atoms with E-state index in [0.29, 0.717) is 19.5 Å². The van der Waals surface area contributed by atoms with Crippen molar-refractivity contribution in [2.75, 3.05) is 19.6 Å². The zero-order valence-corrected chi connectivity index (χ0v) is 17.3. The minimum Gasteiger partial charge on any atom is -0.340 e. The number of hydrogen-bond donors (Lipinski definition) is 0. The summed E-state index contributed by atoms with van der Waals surface area (Å²) in [6, 6.07) is 15.6. The van der Waals surface area contributed by atoms with Crippen LogP contribution in [0.3, 0.4) is 0 Å². The number of likely N-dealkylation sites (tertiary alicyclic amines) is 1. The number of amides is 2. The number of benzene rings is 1. The quantitative estimate of drug-likeness (QED) is 0.682. The van der Waals surface area contributed by atoms with Crippen LogP contribution < -0.4 is 0 Å². The van der Waals surface area contributed by atoms with Crippen LogP contribution in [0.5, 0.6) is 0 Å². The molecule has 1 aliphatic rings. The molecule has 2 heterocycles. The molecule has 1 aliphatic heterocycles. The Balaban J connectivity index is 1.50. The Kier molecular flexibility index (Phi) is 7.79. The van der Waals surface area contributed by atoms with E-state index in [4.69, 9.17) is 0 Å². The van der Waals surface area contributed by atoms with Crippen LogP contribution in [0.4, 0.5) is 0 Å². The van der Waals surface area contributed by atoms with E-state index in [2.05, 4.69) is 16.8 Å². The predicted octanol–water partition coefficient (Wildman–Crippen LogP) is 3.95. The average Bonchev–Trinajstić information content (AvgIpc) is 2.78. The van der Waals surface area contributed by atoms with Gasteiger partial charge in [-0.25, -0.2) is 0 Å². The fourth-order valence-electron chi connectivity index (χ4n) is 4.01. The molecule has 1 fully saturated rings. The van der Waals surface area contributed by atoms with Crippen molar-refractivity contribution in [2.45, 2.75) is 51.5 Å². The summed E-state index contributed by atoms with van der Waals surface area (Å²) in [6.45, 7) is 4.32. The minimum atomic E-state index is 0.0905. The third-order valence-electron chi connectivity index (χ3n) is 5.55. The summed E-state index contributed by atoms with van der Waals surface area (Å²) in [4.78, 5) is 33.8. The molecule has 0 N–H and O–H groups in total. The summed E-state index contributed by atoms with van der Waals surface area (Å²) >= 11 is 0. The Morgan fingerprint density at radius 1 is 1.07 bits per heavy atom. The second kappa shape index (κ2) is 10.7. The first-order valence-electron chi connectivity index (χ1n) is 10.7. The van der Waals surface area contributed by atoms with Crippen LogP contribution in [0, 0.1) is 0 Å². The third-order valence-corrected chi connectivity index (χ3v) is 5.55. The molecular weight excluding hydrogens is 362 g/mol. The summed E-state index contributed by atoms with van der Waals surface area (Å²) in [5, 5.41) is 0. The normalized spacial score (nSPS) is 14.6. The molecule has 29 heavy (non-hydrogen) atoms. The van der Waals surface area contributed by atoms with Crippen LogP contribution in [0.2, 0.25) is 0 Å². The monoisotopic (exact) mass is 393 g/mol. The molecule has 0 unspecified atom stereocenters. The highest BCUT2D eigenvalue weighted by Crippen LogP contribution is 2.20. The van der Waals surface area contributed by atoms with Gasteiger partial charge in [0.2, 0.25) is 5.91 Å². The second-order valence-electron chi connectivity index (χ2n) is 7.65. The molecule has 154 valence electrons. The van der Waals surface area contributed by atoms with E-state index in [9.17, 15) is 9.59 Å². The van der Waals surface area contributed by atoms with Crippen molar-refractivity contribution in [3.05, 3.63) is 66.0 Å². The van der Waals surface area contributed by atoms with Gasteiger partial charge in [-0.2, -0.15) is 0 Å². The van der Waals surface area contributed by atoms with Crippen LogP contribution in [0.1, 0.15) is 55.1 Å². The Labute approximate surface area is 173 Å². The zero-order chi connectivity index (χ0) is 20.5. The van der Waals surface area contributed by atoms with Gasteiger partial charge >= 0.3 is 0 Å². The lowest BCUT2D eigenvalue weighted by atomic mass is 10.0. The van der Waals surface area contributed by atoms with Crippen LogP contribution >= 0.6 is 0 Å². The van der Waals surface area contributed by atoms with Crippen molar-refractivity contribution >= 4 is 11.8 Å². The van der Waals surface area contributed by atoms with E-state index in [1.54, 1.807) is 6.20 Å². The molecule has 3 rings (SSSR count). The fourth-order valence-corrected chi connectivity index (χ4v) is 4.01. The van der Waals surface area contributed by atoms with Gasteiger partial charge in [0.15, 0.2) is 0 Å². The Bertz CT molecular complexity index is 771. The molecule has 0 bridgehead atoms. The van der Waals surface area contributed by atoms with Crippen molar-refractivity contribution in [2.24, 2.45) is 0 Å². The molecule has 5 heteroatoms. The molecule has 2 amide bonds. The average molecular weight is 394 g/mol. The van der Waals surface area contributed by atoms with Crippen LogP contribution in [0.25, 0.3) is 0 Å². The Morgan fingerprint density at radius 3 is 2.45 bits per heavy atom. The molecule has 2 aromatic rings. The number of carbonyl (C=O) groups is 2. The largest absolute Gasteiger partial charge is 0.340 e. The van der Waals surface area contributed by atoms with E-state index in [0.717, 1.165) is 49.9 Å². The molecule has 0 radical (unpaired) electrons. The summed E-state index contributed by atoms with van der Waals surface area (Å²) in [5.41, 5.74) is 1.78. The third kappa shape index (κ3) is 5.89. The van der Waals surface area contributed by atoms with Crippen LogP contribution in [-0.4, -0.2) is 52.3 Å². The first-order valence-corrected chi connectivity index (χ1v) is 10.7. The smallest absolute Gasteiger partial charge is 0.253 e. The maximum Gasteiger partial charge on any atom is 0.253 e. The molecule has 0 aliphatic carbocycles. The van der Waals surface area contributed by atoms with Crippen molar-refractivity contribution in [1.29, 1.82) is 0 Å². The van der Waals surface area contributed by atoms with Gasteiger partial charge in [0.25, 0.3) is 5.91 Å². The number of hydrogen-bond acceptors (Lipinski definition) is 3. The molecule has 5 nitrogen and oxygen atoms in total. The van der Waals surface area contributed by atoms with Crippen LogP contribution in [0.15, 0.2) is 54.7 Å². The highest BCUT2D eigenvalue weighted by molar-refractivity contribution is 5.94. The second-order valence-corrected chi connectivity index (χ2v) is 7.65. The number of carbonyl (C=O) groups excluding carboxylic acids is 2. The Morgan fingerprint density at radius 2 is 1.79 bits per heavy atom. The van der Waals surface area contributed by atoms with E-state index in [1.807, 2.05) is 53.4 Å². The van der Waals surface area contributed by atoms with Crippen molar-refractivity contribution in [1.82, 2.24) is 14.8 Å². The summed E-state index contributed by atoms with van der Waals surface area (Å²) in [7, 11) is 0. The lowest BCUT2D eigenvalue weighted by Gasteiger charge is -2.38. The van der Waals surface area contributed by atoms with Gasteiger partial charge in [0, 0.05) is 49.6 Å². The fraction of sp³-hybridized carbons (Fsp3) is 0.458. The van der Waals surface area contributed by atoms with E-state index < -0.39 is 0 Å². The van der Waals surface area contributed by atoms with E-state index in [1.165, 1.54) is 0 Å². The number of piperidine rings is 1. The Hall–Kier alpha value is -2.69. The lowest BCUT2D eigenvalue weighted by molar-refractivity contribution is -0.134. The summed E-state index contributed by atoms with van der Waals surface area (Å²) in [5.74, 6) is 0.323. The molecule has 0 saturated carbocycles. The number of nitrogens with zero attached hydrogens (tertiary/aromatic N) is 3. The van der Waals surface area contributed by atoms with E-state index in [-0.39, 0.29) is 17.9 Å². The standard InChI is InChI=1S/C24H31N3O2/c1-2-17-27(23(28)13-8-12-21-11-6-7-16-25-21)22-14-18-26(19-15-22)24(29)20-9-4-3-5-10-20/h3-7,9-11,16,22H,2,8,12-15,17-19H2,1H3. The number of aryl methyl sites for hydroxylation is 1. The first kappa shape index (κ1) is 21.0. The van der Waals surface area contributed by atoms with E-state index >= 15 is 0 Å². The number of pyridine rings is 1. The summed E-state index contributed by atoms with van der Waals surface area (Å²) in [6.07, 6.45) is 6.66. The lowest BCUT2D eigenvalue weighted by Crippen LogP contribution is -2.49. The number of aromatic nitrogens is 1. The van der Waals surface area contributed by atoms with Gasteiger partial charge in [-0.1, -0.05) is 31.2 Å². The summed E-state index contributed by atoms with van der Waals surface area (Å²) < 4.78 is 0. The van der Waals surface area contributed by atoms with Crippen molar-refractivity contribution < 1.29 is 9.59 Å². The van der Waals surface area contributed by atoms with Crippen molar-refractivity contribution in [3.63, 3.8) is 0 Å². The van der Waals surface area contributed by atoms with Gasteiger partial charge in [-0.05, 0) is 56.4 Å². The molecule has 0 spiro atoms. The van der Waals surface area contributed by atoms with Gasteiger partial charge in [0.1, 0.15) is 0 Å². The zero-order valence-electron chi connectivity index (χ0n) is 17.3. The number of rotatable bonds is 8. The SMILES string of the molecule is CCCN(C(=O)CCCc1ccccn1)C1CCN(C(=O)c2ccccc2)CC1. The predicted molar refractivity (Wildman–Crippen MR) is 115 cm³/mol. The molecule has 1 aromatic heterocycles. The minimum absolute atomic E-state index is 0.0905. The van der Waals surface area contributed by atoms with Gasteiger partial charge in [0.05, 0.1) is 0 Å².